The summed E-state index contributed by atoms with van der Waals surface area (Å²) in [6.45, 7) is 0.293. The molecule has 0 aliphatic carbocycles. The number of halogens is 1. The number of hydrogen-bond donors (Lipinski definition) is 3. The molecule has 0 spiro atoms. The van der Waals surface area contributed by atoms with E-state index in [-0.39, 0.29) is 30.0 Å². The topological polar surface area (TPSA) is 75.7 Å². The Morgan fingerprint density at radius 3 is 2.43 bits per heavy atom. The van der Waals surface area contributed by atoms with Gasteiger partial charge in [-0.25, -0.2) is 0 Å². The van der Waals surface area contributed by atoms with E-state index in [1.54, 1.807) is 12.1 Å². The van der Waals surface area contributed by atoms with E-state index in [1.165, 1.54) is 6.07 Å². The molecular formula is C16H16ClNO3. The largest absolute Gasteiger partial charge is 0.504 e. The maximum Gasteiger partial charge on any atom is 0.165 e. The highest BCUT2D eigenvalue weighted by Crippen LogP contribution is 2.42. The number of phenolic OH excluding ortho intramolecular Hbond substituents is 2. The third-order valence-electron chi connectivity index (χ3n) is 3.39. The van der Waals surface area contributed by atoms with E-state index < -0.39 is 0 Å². The molecule has 2 aromatic rings. The van der Waals surface area contributed by atoms with Crippen molar-refractivity contribution in [3.05, 3.63) is 59.2 Å². The maximum absolute atomic E-state index is 10.0. The second-order valence-corrected chi connectivity index (χ2v) is 4.65. The van der Waals surface area contributed by atoms with Gasteiger partial charge in [-0.15, -0.1) is 12.4 Å². The molecule has 21 heavy (non-hydrogen) atoms. The Labute approximate surface area is 128 Å². The highest BCUT2D eigenvalue weighted by molar-refractivity contribution is 5.85. The number of benzene rings is 2. The molecule has 0 aromatic heterocycles. The number of fused-ring (bicyclic) bond motifs is 1. The van der Waals surface area contributed by atoms with Gasteiger partial charge in [0.2, 0.25) is 0 Å². The number of aromatic hydroxyl groups is 2. The van der Waals surface area contributed by atoms with Crippen LogP contribution in [0.5, 0.6) is 11.5 Å². The van der Waals surface area contributed by atoms with Gasteiger partial charge >= 0.3 is 0 Å². The van der Waals surface area contributed by atoms with E-state index in [2.05, 4.69) is 0 Å². The number of ether oxygens (including phenoxy) is 1. The predicted octanol–water partition coefficient (Wildman–Crippen LogP) is 3.05. The second kappa shape index (κ2) is 6.08. The van der Waals surface area contributed by atoms with Crippen molar-refractivity contribution in [3.63, 3.8) is 0 Å². The lowest BCUT2D eigenvalue weighted by atomic mass is 9.96. The zero-order valence-electron chi connectivity index (χ0n) is 11.2. The third kappa shape index (κ3) is 2.68. The van der Waals surface area contributed by atoms with Crippen LogP contribution in [0.2, 0.25) is 0 Å². The van der Waals surface area contributed by atoms with Crippen LogP contribution in [0.4, 0.5) is 0 Å². The van der Waals surface area contributed by atoms with Gasteiger partial charge < -0.3 is 20.7 Å². The van der Waals surface area contributed by atoms with Gasteiger partial charge in [0.25, 0.3) is 0 Å². The van der Waals surface area contributed by atoms with E-state index in [1.807, 2.05) is 30.3 Å². The fourth-order valence-corrected chi connectivity index (χ4v) is 2.36. The molecule has 5 heteroatoms. The number of phenols is 2. The van der Waals surface area contributed by atoms with Crippen LogP contribution >= 0.6 is 12.4 Å². The standard InChI is InChI=1S/C16H15NO3.ClH/c17-9-15-11-6-7-13(18)16(19)12(11)8-14(20-15)10-4-2-1-3-5-10;/h1-8,15,18-19H,9,17H2;1H. The summed E-state index contributed by atoms with van der Waals surface area (Å²) in [5.41, 5.74) is 7.99. The van der Waals surface area contributed by atoms with Crippen molar-refractivity contribution < 1.29 is 14.9 Å². The summed E-state index contributed by atoms with van der Waals surface area (Å²) in [5, 5.41) is 19.7. The Morgan fingerprint density at radius 2 is 1.76 bits per heavy atom. The zero-order valence-corrected chi connectivity index (χ0v) is 12.0. The van der Waals surface area contributed by atoms with Gasteiger partial charge in [0.05, 0.1) is 0 Å². The van der Waals surface area contributed by atoms with Crippen molar-refractivity contribution in [2.24, 2.45) is 5.73 Å². The molecular weight excluding hydrogens is 290 g/mol. The molecule has 1 aliphatic rings. The molecule has 0 amide bonds. The van der Waals surface area contributed by atoms with Crippen LogP contribution in [0.1, 0.15) is 22.8 Å². The van der Waals surface area contributed by atoms with Gasteiger partial charge in [0.15, 0.2) is 11.5 Å². The Balaban J connectivity index is 0.00000161. The first-order valence-electron chi connectivity index (χ1n) is 6.39. The Morgan fingerprint density at radius 1 is 1.05 bits per heavy atom. The van der Waals surface area contributed by atoms with Crippen LogP contribution in [0.25, 0.3) is 11.8 Å². The van der Waals surface area contributed by atoms with Gasteiger partial charge in [-0.3, -0.25) is 0 Å². The first-order valence-corrected chi connectivity index (χ1v) is 6.39. The monoisotopic (exact) mass is 305 g/mol. The molecule has 1 unspecified atom stereocenters. The van der Waals surface area contributed by atoms with Gasteiger partial charge in [-0.2, -0.15) is 0 Å². The van der Waals surface area contributed by atoms with Crippen LogP contribution in [0, 0.1) is 0 Å². The summed E-state index contributed by atoms with van der Waals surface area (Å²) < 4.78 is 5.89. The van der Waals surface area contributed by atoms with E-state index in [9.17, 15) is 10.2 Å². The molecule has 2 aromatic carbocycles. The highest BCUT2D eigenvalue weighted by Gasteiger charge is 2.25. The molecule has 1 aliphatic heterocycles. The fourth-order valence-electron chi connectivity index (χ4n) is 2.36. The summed E-state index contributed by atoms with van der Waals surface area (Å²) in [5.74, 6) is 0.345. The molecule has 1 heterocycles. The van der Waals surface area contributed by atoms with E-state index in [0.717, 1.165) is 11.1 Å². The van der Waals surface area contributed by atoms with Crippen LogP contribution in [-0.4, -0.2) is 16.8 Å². The normalized spacial score (nSPS) is 16.2. The van der Waals surface area contributed by atoms with Crippen molar-refractivity contribution in [3.8, 4) is 11.5 Å². The Bertz CT molecular complexity index is 671. The first-order chi connectivity index (χ1) is 9.70. The molecule has 0 saturated heterocycles. The van der Waals surface area contributed by atoms with Gasteiger partial charge in [0.1, 0.15) is 11.9 Å². The third-order valence-corrected chi connectivity index (χ3v) is 3.39. The van der Waals surface area contributed by atoms with Crippen LogP contribution in [0.3, 0.4) is 0 Å². The minimum Gasteiger partial charge on any atom is -0.504 e. The van der Waals surface area contributed by atoms with Crippen LogP contribution < -0.4 is 5.73 Å². The molecule has 110 valence electrons. The summed E-state index contributed by atoms with van der Waals surface area (Å²) in [6.07, 6.45) is 1.39. The molecule has 0 bridgehead atoms. The molecule has 3 rings (SSSR count). The van der Waals surface area contributed by atoms with E-state index in [4.69, 9.17) is 10.5 Å². The van der Waals surface area contributed by atoms with Crippen molar-refractivity contribution in [2.45, 2.75) is 6.10 Å². The number of rotatable bonds is 2. The van der Waals surface area contributed by atoms with Crippen molar-refractivity contribution >= 4 is 24.2 Å². The van der Waals surface area contributed by atoms with Crippen molar-refractivity contribution in [1.82, 2.24) is 0 Å². The van der Waals surface area contributed by atoms with Gasteiger partial charge in [0, 0.05) is 23.2 Å². The molecule has 0 radical (unpaired) electrons. The minimum absolute atomic E-state index is 0. The summed E-state index contributed by atoms with van der Waals surface area (Å²) in [4.78, 5) is 0. The maximum atomic E-state index is 10.0. The lowest BCUT2D eigenvalue weighted by molar-refractivity contribution is 0.174. The van der Waals surface area contributed by atoms with Crippen molar-refractivity contribution in [1.29, 1.82) is 0 Å². The minimum atomic E-state index is -0.336. The number of nitrogens with two attached hydrogens (primary N) is 1. The lowest BCUT2D eigenvalue weighted by Crippen LogP contribution is -2.19. The van der Waals surface area contributed by atoms with E-state index in [0.29, 0.717) is 17.9 Å². The average Bonchev–Trinajstić information content (AvgIpc) is 2.51. The summed E-state index contributed by atoms with van der Waals surface area (Å²) in [6, 6.07) is 12.8. The molecule has 4 N–H and O–H groups in total. The average molecular weight is 306 g/mol. The second-order valence-electron chi connectivity index (χ2n) is 4.65. The fraction of sp³-hybridized carbons (Fsp3) is 0.125. The zero-order chi connectivity index (χ0) is 14.1. The first kappa shape index (κ1) is 15.2. The Hall–Kier alpha value is -2.17. The van der Waals surface area contributed by atoms with Gasteiger partial charge in [-0.1, -0.05) is 36.4 Å². The number of hydrogen-bond acceptors (Lipinski definition) is 4. The molecule has 4 nitrogen and oxygen atoms in total. The predicted molar refractivity (Wildman–Crippen MR) is 84.2 cm³/mol. The quantitative estimate of drug-likeness (QED) is 0.745. The molecule has 1 atom stereocenters. The SMILES string of the molecule is Cl.NCC1OC(c2ccccc2)=Cc2c1ccc(O)c2O. The summed E-state index contributed by atoms with van der Waals surface area (Å²) in [7, 11) is 0. The lowest BCUT2D eigenvalue weighted by Gasteiger charge is -2.27. The molecule has 0 fully saturated rings. The summed E-state index contributed by atoms with van der Waals surface area (Å²) >= 11 is 0. The molecule has 0 saturated carbocycles. The smallest absolute Gasteiger partial charge is 0.165 e. The van der Waals surface area contributed by atoms with Gasteiger partial charge in [-0.05, 0) is 12.1 Å². The van der Waals surface area contributed by atoms with Crippen LogP contribution in [0.15, 0.2) is 42.5 Å². The Kier molecular flexibility index (Phi) is 4.40. The highest BCUT2D eigenvalue weighted by atomic mass is 35.5. The van der Waals surface area contributed by atoms with Crippen molar-refractivity contribution in [2.75, 3.05) is 6.54 Å². The van der Waals surface area contributed by atoms with E-state index >= 15 is 0 Å². The van der Waals surface area contributed by atoms with Crippen LogP contribution in [-0.2, 0) is 4.74 Å².